The second kappa shape index (κ2) is 7.81. The number of benzene rings is 3. The lowest BCUT2D eigenvalue weighted by atomic mass is 9.84. The van der Waals surface area contributed by atoms with Gasteiger partial charge in [-0.05, 0) is 53.6 Å². The minimum Gasteiger partial charge on any atom is -0.480 e. The Labute approximate surface area is 206 Å². The van der Waals surface area contributed by atoms with Crippen LogP contribution in [0.1, 0.15) is 28.8 Å². The Morgan fingerprint density at radius 3 is 2.27 bits per heavy atom. The Morgan fingerprint density at radius 2 is 1.58 bits per heavy atom. The Kier molecular flexibility index (Phi) is 4.88. The van der Waals surface area contributed by atoms with Crippen molar-refractivity contribution in [1.82, 2.24) is 14.8 Å². The van der Waals surface area contributed by atoms with Crippen molar-refractivity contribution in [2.75, 3.05) is 11.9 Å². The van der Waals surface area contributed by atoms with Gasteiger partial charge in [-0.25, -0.2) is 9.07 Å². The highest BCUT2D eigenvalue weighted by Gasteiger charge is 2.43. The van der Waals surface area contributed by atoms with Crippen LogP contribution in [0.4, 0.5) is 10.3 Å². The maximum atomic E-state index is 14.4. The van der Waals surface area contributed by atoms with E-state index in [2.05, 4.69) is 54.1 Å². The van der Waals surface area contributed by atoms with Crippen LogP contribution in [0, 0.1) is 5.82 Å². The van der Waals surface area contributed by atoms with E-state index in [1.165, 1.54) is 12.1 Å². The van der Waals surface area contributed by atoms with Crippen molar-refractivity contribution < 1.29 is 9.13 Å². The van der Waals surface area contributed by atoms with E-state index in [0.29, 0.717) is 17.3 Å². The van der Waals surface area contributed by atoms with Crippen molar-refractivity contribution in [2.45, 2.75) is 12.1 Å². The number of nitrogens with zero attached hydrogens (tertiary/aromatic N) is 4. The van der Waals surface area contributed by atoms with Gasteiger partial charge in [0.25, 0.3) is 0 Å². The quantitative estimate of drug-likeness (QED) is 0.276. The maximum absolute atomic E-state index is 14.4. The fourth-order valence-corrected chi connectivity index (χ4v) is 5.19. The third-order valence-electron chi connectivity index (χ3n) is 6.08. The molecular weight excluding hydrogens is 551 g/mol. The first-order valence-corrected chi connectivity index (χ1v) is 11.9. The van der Waals surface area contributed by atoms with Gasteiger partial charge >= 0.3 is 0 Å². The van der Waals surface area contributed by atoms with Crippen LogP contribution in [0.5, 0.6) is 5.75 Å². The largest absolute Gasteiger partial charge is 0.480 e. The molecule has 0 saturated carbocycles. The number of aromatic nitrogens is 3. The molecule has 0 N–H and O–H groups in total. The molecule has 3 aromatic carbocycles. The summed E-state index contributed by atoms with van der Waals surface area (Å²) in [5.41, 5.74) is 4.61. The zero-order valence-corrected chi connectivity index (χ0v) is 20.6. The first kappa shape index (κ1) is 20.6. The van der Waals surface area contributed by atoms with Crippen LogP contribution in [0.2, 0.25) is 0 Å². The van der Waals surface area contributed by atoms with E-state index in [0.717, 1.165) is 31.3 Å². The monoisotopic (exact) mass is 566 g/mol. The molecule has 0 spiro atoms. The smallest absolute Gasteiger partial charge is 0.229 e. The predicted molar refractivity (Wildman–Crippen MR) is 132 cm³/mol. The maximum Gasteiger partial charge on any atom is 0.229 e. The highest BCUT2D eigenvalue weighted by atomic mass is 79.9. The zero-order valence-electron chi connectivity index (χ0n) is 17.4. The summed E-state index contributed by atoms with van der Waals surface area (Å²) in [5.74, 6) is 1.01. The van der Waals surface area contributed by atoms with Gasteiger partial charge in [0.1, 0.15) is 30.0 Å². The van der Waals surface area contributed by atoms with E-state index in [9.17, 15) is 4.39 Å². The molecule has 0 fully saturated rings. The molecule has 2 aliphatic rings. The van der Waals surface area contributed by atoms with E-state index in [-0.39, 0.29) is 18.0 Å². The number of halogens is 3. The van der Waals surface area contributed by atoms with Crippen LogP contribution in [-0.2, 0) is 0 Å². The summed E-state index contributed by atoms with van der Waals surface area (Å²) in [4.78, 5) is 6.50. The number of anilines is 1. The average Bonchev–Trinajstić information content (AvgIpc) is 3.30. The highest BCUT2D eigenvalue weighted by Crippen LogP contribution is 2.52. The van der Waals surface area contributed by atoms with Gasteiger partial charge in [0.05, 0.1) is 5.70 Å². The van der Waals surface area contributed by atoms with Gasteiger partial charge in [0.15, 0.2) is 0 Å². The van der Waals surface area contributed by atoms with Gasteiger partial charge in [0, 0.05) is 27.1 Å². The van der Waals surface area contributed by atoms with Gasteiger partial charge in [0.2, 0.25) is 5.95 Å². The van der Waals surface area contributed by atoms with E-state index in [1.807, 2.05) is 53.0 Å². The first-order valence-electron chi connectivity index (χ1n) is 10.4. The summed E-state index contributed by atoms with van der Waals surface area (Å²) >= 11 is 7.05. The number of fused-ring (bicyclic) bond motifs is 3. The molecule has 2 atom stereocenters. The van der Waals surface area contributed by atoms with Crippen LogP contribution < -0.4 is 9.64 Å². The Morgan fingerprint density at radius 1 is 0.909 bits per heavy atom. The van der Waals surface area contributed by atoms with Crippen LogP contribution >= 0.6 is 31.9 Å². The van der Waals surface area contributed by atoms with Crippen molar-refractivity contribution in [1.29, 1.82) is 0 Å². The molecule has 2 aliphatic heterocycles. The summed E-state index contributed by atoms with van der Waals surface area (Å²) in [6, 6.07) is 20.6. The van der Waals surface area contributed by atoms with Gasteiger partial charge in [-0.15, -0.1) is 0 Å². The summed E-state index contributed by atoms with van der Waals surface area (Å²) in [6.07, 6.45) is 1.16. The molecule has 0 saturated heterocycles. The third-order valence-corrected chi connectivity index (χ3v) is 7.14. The predicted octanol–water partition coefficient (Wildman–Crippen LogP) is 6.53. The molecule has 5 nitrogen and oxygen atoms in total. The number of hydrogen-bond donors (Lipinski definition) is 0. The zero-order chi connectivity index (χ0) is 22.7. The molecule has 0 radical (unpaired) electrons. The van der Waals surface area contributed by atoms with Crippen molar-refractivity contribution >= 4 is 43.5 Å². The van der Waals surface area contributed by atoms with Crippen molar-refractivity contribution in [3.8, 4) is 5.75 Å². The highest BCUT2D eigenvalue weighted by molar-refractivity contribution is 9.10. The topological polar surface area (TPSA) is 43.2 Å². The normalized spacial score (nSPS) is 19.0. The van der Waals surface area contributed by atoms with Crippen LogP contribution in [0.15, 0.2) is 87.6 Å². The van der Waals surface area contributed by atoms with Crippen molar-refractivity contribution in [2.24, 2.45) is 0 Å². The summed E-state index contributed by atoms with van der Waals surface area (Å²) in [7, 11) is 1.94. The minimum atomic E-state index is -0.389. The van der Waals surface area contributed by atoms with E-state index >= 15 is 0 Å². The number of ether oxygens (including phenoxy) is 1. The second-order valence-corrected chi connectivity index (χ2v) is 9.84. The van der Waals surface area contributed by atoms with E-state index in [4.69, 9.17) is 4.74 Å². The number of hydrogen-bond acceptors (Lipinski definition) is 4. The average molecular weight is 568 g/mol. The molecule has 0 amide bonds. The molecule has 1 aromatic heterocycles. The van der Waals surface area contributed by atoms with Gasteiger partial charge in [-0.3, -0.25) is 0 Å². The molecule has 0 bridgehead atoms. The fraction of sp³-hybridized carbons (Fsp3) is 0.120. The Bertz CT molecular complexity index is 1400. The molecule has 4 aromatic rings. The third kappa shape index (κ3) is 3.31. The van der Waals surface area contributed by atoms with Crippen molar-refractivity contribution in [3.63, 3.8) is 0 Å². The molecular formula is C25H17Br2FN4O. The molecule has 0 unspecified atom stereocenters. The lowest BCUT2D eigenvalue weighted by Crippen LogP contribution is -2.37. The molecule has 6 rings (SSSR count). The van der Waals surface area contributed by atoms with E-state index in [1.54, 1.807) is 12.4 Å². The van der Waals surface area contributed by atoms with Crippen molar-refractivity contribution in [3.05, 3.63) is 110 Å². The fourth-order valence-electron chi connectivity index (χ4n) is 4.66. The Balaban J connectivity index is 1.66. The van der Waals surface area contributed by atoms with E-state index < -0.39 is 0 Å². The second-order valence-electron chi connectivity index (χ2n) is 8.01. The van der Waals surface area contributed by atoms with Crippen LogP contribution in [0.25, 0.3) is 5.70 Å². The first-order chi connectivity index (χ1) is 16.0. The lowest BCUT2D eigenvalue weighted by molar-refractivity contribution is 0.221. The van der Waals surface area contributed by atoms with Gasteiger partial charge in [-0.2, -0.15) is 10.1 Å². The van der Waals surface area contributed by atoms with Crippen LogP contribution in [0.3, 0.4) is 0 Å². The summed E-state index contributed by atoms with van der Waals surface area (Å²) in [6.45, 7) is 0. The molecule has 164 valence electrons. The lowest BCUT2D eigenvalue weighted by Gasteiger charge is -2.42. The molecule has 8 heteroatoms. The van der Waals surface area contributed by atoms with Gasteiger partial charge < -0.3 is 9.64 Å². The summed E-state index contributed by atoms with van der Waals surface area (Å²) in [5, 5.41) is 4.58. The summed E-state index contributed by atoms with van der Waals surface area (Å²) < 4.78 is 24.8. The molecule has 33 heavy (non-hydrogen) atoms. The van der Waals surface area contributed by atoms with Crippen LogP contribution in [-0.4, -0.2) is 21.8 Å². The molecule has 0 aliphatic carbocycles. The van der Waals surface area contributed by atoms with Gasteiger partial charge in [-0.1, -0.05) is 56.1 Å². The Hall–Kier alpha value is -2.97. The standard InChI is InChI=1S/C25H17Br2FN4O/c1-31-23-19-12-18(28)10-11-20(19)33-24(15-4-8-17(27)9-5-15)21(23)22(32-25(31)29-13-30-32)14-2-6-16(26)7-3-14/h2-13,22,24H,1H3/t22-,24+/m0/s1. The minimum absolute atomic E-state index is 0.271. The molecule has 3 heterocycles. The number of rotatable bonds is 2. The SMILES string of the molecule is CN1C2=C([C@H](c3ccc(Br)cc3)n3ncnc31)[C@@H](c1ccc(Br)cc1)Oc1ccc(F)cc12.